The summed E-state index contributed by atoms with van der Waals surface area (Å²) in [6, 6.07) is 11.6. The van der Waals surface area contributed by atoms with Gasteiger partial charge in [-0.3, -0.25) is 0 Å². The lowest BCUT2D eigenvalue weighted by atomic mass is 9.72. The molecule has 0 saturated carbocycles. The molecule has 2 aromatic rings. The first-order valence-corrected chi connectivity index (χ1v) is 7.91. The van der Waals surface area contributed by atoms with E-state index < -0.39 is 0 Å². The summed E-state index contributed by atoms with van der Waals surface area (Å²) < 4.78 is 0. The van der Waals surface area contributed by atoms with Crippen LogP contribution in [0.15, 0.2) is 36.4 Å². The van der Waals surface area contributed by atoms with E-state index in [-0.39, 0.29) is 10.8 Å². The van der Waals surface area contributed by atoms with Gasteiger partial charge in [-0.05, 0) is 57.3 Å². The fourth-order valence-corrected chi connectivity index (χ4v) is 5.09. The molecule has 114 valence electrons. The SMILES string of the molecule is CC1(C)c2ccc(O)cc2C2C1c1cc(O)ccc1C2(C)C. The Labute approximate surface area is 131 Å². The van der Waals surface area contributed by atoms with Crippen LogP contribution in [0.25, 0.3) is 0 Å². The van der Waals surface area contributed by atoms with Crippen LogP contribution < -0.4 is 0 Å². The summed E-state index contributed by atoms with van der Waals surface area (Å²) in [6.07, 6.45) is 0. The van der Waals surface area contributed by atoms with Gasteiger partial charge in [0.05, 0.1) is 0 Å². The molecule has 2 heteroatoms. The molecule has 0 saturated heterocycles. The molecule has 0 amide bonds. The van der Waals surface area contributed by atoms with Gasteiger partial charge in [0, 0.05) is 11.8 Å². The van der Waals surface area contributed by atoms with Gasteiger partial charge >= 0.3 is 0 Å². The minimum atomic E-state index is -0.00991. The molecular formula is C20H22O2. The second kappa shape index (κ2) is 3.87. The summed E-state index contributed by atoms with van der Waals surface area (Å²) >= 11 is 0. The third-order valence-corrected chi connectivity index (χ3v) is 6.02. The topological polar surface area (TPSA) is 40.5 Å². The molecule has 0 aliphatic heterocycles. The van der Waals surface area contributed by atoms with Crippen molar-refractivity contribution in [1.29, 1.82) is 0 Å². The Hall–Kier alpha value is -1.96. The highest BCUT2D eigenvalue weighted by atomic mass is 16.3. The Morgan fingerprint density at radius 1 is 0.682 bits per heavy atom. The lowest BCUT2D eigenvalue weighted by Crippen LogP contribution is -2.25. The number of hydrogen-bond donors (Lipinski definition) is 2. The minimum absolute atomic E-state index is 0.00991. The van der Waals surface area contributed by atoms with Gasteiger partial charge in [-0.25, -0.2) is 0 Å². The van der Waals surface area contributed by atoms with Crippen molar-refractivity contribution >= 4 is 0 Å². The van der Waals surface area contributed by atoms with Crippen molar-refractivity contribution in [3.8, 4) is 11.5 Å². The fraction of sp³-hybridized carbons (Fsp3) is 0.400. The summed E-state index contributed by atoms with van der Waals surface area (Å²) in [5.41, 5.74) is 5.14. The molecule has 2 aromatic carbocycles. The number of benzene rings is 2. The van der Waals surface area contributed by atoms with E-state index in [0.29, 0.717) is 23.3 Å². The van der Waals surface area contributed by atoms with Gasteiger partial charge in [-0.2, -0.15) is 0 Å². The predicted octanol–water partition coefficient (Wildman–Crippen LogP) is 4.55. The average Bonchev–Trinajstić information content (AvgIpc) is 2.79. The van der Waals surface area contributed by atoms with Crippen LogP contribution in [-0.2, 0) is 10.8 Å². The molecule has 2 atom stereocenters. The zero-order chi connectivity index (χ0) is 15.9. The monoisotopic (exact) mass is 294 g/mol. The number of phenolic OH excluding ortho intramolecular Hbond substituents is 2. The van der Waals surface area contributed by atoms with Crippen LogP contribution in [0.4, 0.5) is 0 Å². The van der Waals surface area contributed by atoms with Gasteiger partial charge in [0.15, 0.2) is 0 Å². The van der Waals surface area contributed by atoms with E-state index in [2.05, 4.69) is 39.8 Å². The maximum atomic E-state index is 9.98. The van der Waals surface area contributed by atoms with E-state index in [4.69, 9.17) is 0 Å². The van der Waals surface area contributed by atoms with Crippen molar-refractivity contribution in [2.45, 2.75) is 50.4 Å². The van der Waals surface area contributed by atoms with Crippen LogP contribution in [0.1, 0.15) is 61.8 Å². The zero-order valence-corrected chi connectivity index (χ0v) is 13.5. The Bertz CT molecular complexity index is 719. The molecule has 22 heavy (non-hydrogen) atoms. The van der Waals surface area contributed by atoms with E-state index in [1.54, 1.807) is 12.1 Å². The lowest BCUT2D eigenvalue weighted by Gasteiger charge is -2.31. The summed E-state index contributed by atoms with van der Waals surface area (Å²) in [5, 5.41) is 20.0. The normalized spacial score (nSPS) is 26.4. The Morgan fingerprint density at radius 3 is 1.41 bits per heavy atom. The van der Waals surface area contributed by atoms with Crippen molar-refractivity contribution in [1.82, 2.24) is 0 Å². The second-order valence-corrected chi connectivity index (χ2v) is 7.94. The number of hydrogen-bond acceptors (Lipinski definition) is 2. The predicted molar refractivity (Wildman–Crippen MR) is 87.7 cm³/mol. The van der Waals surface area contributed by atoms with Crippen molar-refractivity contribution in [2.24, 2.45) is 0 Å². The van der Waals surface area contributed by atoms with E-state index in [0.717, 1.165) is 0 Å². The summed E-state index contributed by atoms with van der Waals surface area (Å²) in [4.78, 5) is 0. The highest BCUT2D eigenvalue weighted by Crippen LogP contribution is 2.67. The Kier molecular flexibility index (Phi) is 2.40. The molecule has 2 unspecified atom stereocenters. The van der Waals surface area contributed by atoms with Crippen molar-refractivity contribution in [3.05, 3.63) is 58.7 Å². The largest absolute Gasteiger partial charge is 0.508 e. The van der Waals surface area contributed by atoms with Gasteiger partial charge in [-0.15, -0.1) is 0 Å². The van der Waals surface area contributed by atoms with Crippen LogP contribution in [-0.4, -0.2) is 10.2 Å². The van der Waals surface area contributed by atoms with Gasteiger partial charge in [0.25, 0.3) is 0 Å². The third-order valence-electron chi connectivity index (χ3n) is 6.02. The van der Waals surface area contributed by atoms with Crippen LogP contribution in [0.3, 0.4) is 0 Å². The standard InChI is InChI=1S/C20H22O2/c1-19(2)15-7-5-11(21)9-13(15)18-17(19)14-10-12(22)6-8-16(14)20(18,3)4/h5-10,17-18,21-22H,1-4H3. The van der Waals surface area contributed by atoms with E-state index in [9.17, 15) is 10.2 Å². The average molecular weight is 294 g/mol. The summed E-state index contributed by atoms with van der Waals surface area (Å²) in [6.45, 7) is 9.12. The molecule has 0 spiro atoms. The fourth-order valence-electron chi connectivity index (χ4n) is 5.09. The van der Waals surface area contributed by atoms with Crippen LogP contribution in [0.5, 0.6) is 11.5 Å². The van der Waals surface area contributed by atoms with Crippen LogP contribution in [0, 0.1) is 0 Å². The first kappa shape index (κ1) is 13.7. The molecule has 2 aliphatic carbocycles. The van der Waals surface area contributed by atoms with Crippen molar-refractivity contribution in [2.75, 3.05) is 0 Å². The van der Waals surface area contributed by atoms with E-state index in [1.807, 2.05) is 12.1 Å². The molecule has 0 aromatic heterocycles. The molecular weight excluding hydrogens is 272 g/mol. The van der Waals surface area contributed by atoms with Crippen LogP contribution in [0.2, 0.25) is 0 Å². The highest BCUT2D eigenvalue weighted by molar-refractivity contribution is 5.61. The third kappa shape index (κ3) is 1.45. The molecule has 0 radical (unpaired) electrons. The quantitative estimate of drug-likeness (QED) is 0.748. The summed E-state index contributed by atoms with van der Waals surface area (Å²) in [5.74, 6) is 1.34. The number of fused-ring (bicyclic) bond motifs is 5. The van der Waals surface area contributed by atoms with Gasteiger partial charge in [0.1, 0.15) is 11.5 Å². The summed E-state index contributed by atoms with van der Waals surface area (Å²) in [7, 11) is 0. The zero-order valence-electron chi connectivity index (χ0n) is 13.5. The van der Waals surface area contributed by atoms with Crippen molar-refractivity contribution < 1.29 is 10.2 Å². The number of rotatable bonds is 0. The Balaban J connectivity index is 2.04. The van der Waals surface area contributed by atoms with Crippen LogP contribution >= 0.6 is 0 Å². The van der Waals surface area contributed by atoms with Gasteiger partial charge in [0.2, 0.25) is 0 Å². The highest BCUT2D eigenvalue weighted by Gasteiger charge is 2.58. The van der Waals surface area contributed by atoms with Crippen molar-refractivity contribution in [3.63, 3.8) is 0 Å². The molecule has 2 N–H and O–H groups in total. The van der Waals surface area contributed by atoms with Gasteiger partial charge < -0.3 is 10.2 Å². The molecule has 0 fully saturated rings. The molecule has 2 aliphatic rings. The van der Waals surface area contributed by atoms with E-state index >= 15 is 0 Å². The first-order valence-electron chi connectivity index (χ1n) is 7.91. The maximum absolute atomic E-state index is 9.98. The molecule has 4 rings (SSSR count). The maximum Gasteiger partial charge on any atom is 0.115 e. The number of aromatic hydroxyl groups is 2. The smallest absolute Gasteiger partial charge is 0.115 e. The van der Waals surface area contributed by atoms with E-state index in [1.165, 1.54) is 22.3 Å². The molecule has 0 bridgehead atoms. The van der Waals surface area contributed by atoms with Gasteiger partial charge in [-0.1, -0.05) is 39.8 Å². The lowest BCUT2D eigenvalue weighted by molar-refractivity contribution is 0.348. The Morgan fingerprint density at radius 2 is 1.05 bits per heavy atom. The minimum Gasteiger partial charge on any atom is -0.508 e. The molecule has 0 heterocycles. The molecule has 2 nitrogen and oxygen atoms in total. The number of phenols is 2. The second-order valence-electron chi connectivity index (χ2n) is 7.94. The first-order chi connectivity index (χ1) is 10.2.